The number of hydrogen-bond donors (Lipinski definition) is 1. The van der Waals surface area contributed by atoms with Gasteiger partial charge in [-0.15, -0.1) is 0 Å². The van der Waals surface area contributed by atoms with Gasteiger partial charge in [0.05, 0.1) is 6.61 Å². The molecule has 1 heterocycles. The second-order valence-corrected chi connectivity index (χ2v) is 7.64. The van der Waals surface area contributed by atoms with E-state index in [1.165, 1.54) is 0 Å². The van der Waals surface area contributed by atoms with Gasteiger partial charge in [0.2, 0.25) is 0 Å². The number of aryl methyl sites for hydroxylation is 1. The maximum Gasteiger partial charge on any atom is 0.266 e. The molecule has 0 bridgehead atoms. The van der Waals surface area contributed by atoms with E-state index in [2.05, 4.69) is 25.8 Å². The Labute approximate surface area is 184 Å². The number of benzene rings is 2. The largest absolute Gasteiger partial charge is 0.494 e. The van der Waals surface area contributed by atoms with E-state index in [0.717, 1.165) is 32.9 Å². The molecule has 3 aromatic rings. The van der Waals surface area contributed by atoms with E-state index in [-0.39, 0.29) is 5.57 Å². The van der Waals surface area contributed by atoms with Gasteiger partial charge >= 0.3 is 0 Å². The first-order valence-corrected chi connectivity index (χ1v) is 10.3. The lowest BCUT2D eigenvalue weighted by Gasteiger charge is -2.11. The highest BCUT2D eigenvalue weighted by atomic mass is 79.9. The Morgan fingerprint density at radius 1 is 1.20 bits per heavy atom. The van der Waals surface area contributed by atoms with E-state index >= 15 is 0 Å². The topological polar surface area (TPSA) is 67.0 Å². The van der Waals surface area contributed by atoms with Crippen molar-refractivity contribution < 1.29 is 9.53 Å². The van der Waals surface area contributed by atoms with Crippen molar-refractivity contribution in [3.05, 3.63) is 81.6 Å². The van der Waals surface area contributed by atoms with Crippen LogP contribution in [0.15, 0.2) is 64.6 Å². The Morgan fingerprint density at radius 3 is 2.57 bits per heavy atom. The molecule has 6 heteroatoms. The smallest absolute Gasteiger partial charge is 0.266 e. The van der Waals surface area contributed by atoms with Crippen LogP contribution in [-0.2, 0) is 4.79 Å². The minimum atomic E-state index is -0.443. The maximum absolute atomic E-state index is 12.6. The van der Waals surface area contributed by atoms with Crippen molar-refractivity contribution in [1.82, 2.24) is 4.57 Å². The number of nitrogens with zero attached hydrogens (tertiary/aromatic N) is 2. The zero-order chi connectivity index (χ0) is 21.7. The van der Waals surface area contributed by atoms with Crippen molar-refractivity contribution >= 4 is 33.6 Å². The van der Waals surface area contributed by atoms with Gasteiger partial charge in [0, 0.05) is 27.2 Å². The van der Waals surface area contributed by atoms with E-state index < -0.39 is 5.91 Å². The molecule has 2 aromatic carbocycles. The summed E-state index contributed by atoms with van der Waals surface area (Å²) in [6.07, 6.45) is 1.63. The van der Waals surface area contributed by atoms with Gasteiger partial charge in [-0.25, -0.2) is 0 Å². The normalized spacial score (nSPS) is 11.1. The van der Waals surface area contributed by atoms with Crippen LogP contribution in [0.1, 0.15) is 23.9 Å². The Kier molecular flexibility index (Phi) is 6.76. The molecule has 0 aliphatic heterocycles. The van der Waals surface area contributed by atoms with Crippen LogP contribution >= 0.6 is 15.9 Å². The molecule has 0 unspecified atom stereocenters. The van der Waals surface area contributed by atoms with Crippen molar-refractivity contribution in [1.29, 1.82) is 5.26 Å². The molecule has 0 saturated heterocycles. The fourth-order valence-corrected chi connectivity index (χ4v) is 3.66. The third-order valence-corrected chi connectivity index (χ3v) is 5.12. The Bertz CT molecular complexity index is 1140. The average molecular weight is 464 g/mol. The monoisotopic (exact) mass is 463 g/mol. The zero-order valence-electron chi connectivity index (χ0n) is 17.1. The summed E-state index contributed by atoms with van der Waals surface area (Å²) in [7, 11) is 0. The first-order valence-electron chi connectivity index (χ1n) is 9.53. The standard InChI is InChI=1S/C24H22BrN3O2/c1-4-30-23-10-8-22(9-11-23)28-16(2)12-18(17(28)3)13-19(15-26)24(29)27-21-7-5-6-20(25)14-21/h5-14H,4H2,1-3H3,(H,27,29)/b19-13-. The van der Waals surface area contributed by atoms with E-state index in [1.54, 1.807) is 18.2 Å². The van der Waals surface area contributed by atoms with E-state index in [0.29, 0.717) is 12.3 Å². The maximum atomic E-state index is 12.6. The van der Waals surface area contributed by atoms with Gasteiger partial charge in [0.25, 0.3) is 5.91 Å². The highest BCUT2D eigenvalue weighted by molar-refractivity contribution is 9.10. The minimum Gasteiger partial charge on any atom is -0.494 e. The molecule has 5 nitrogen and oxygen atoms in total. The molecule has 0 radical (unpaired) electrons. The number of aromatic nitrogens is 1. The molecular weight excluding hydrogens is 442 g/mol. The molecule has 0 atom stereocenters. The van der Waals surface area contributed by atoms with Crippen molar-refractivity contribution in [2.75, 3.05) is 11.9 Å². The fourth-order valence-electron chi connectivity index (χ4n) is 3.26. The Hall–Kier alpha value is -3.30. The van der Waals surface area contributed by atoms with E-state index in [1.807, 2.05) is 69.3 Å². The van der Waals surface area contributed by atoms with Crippen LogP contribution in [0.25, 0.3) is 11.8 Å². The van der Waals surface area contributed by atoms with Crippen molar-refractivity contribution in [3.8, 4) is 17.5 Å². The molecule has 0 fully saturated rings. The summed E-state index contributed by atoms with van der Waals surface area (Å²) in [6.45, 7) is 6.53. The summed E-state index contributed by atoms with van der Waals surface area (Å²) in [5.41, 5.74) is 4.43. The lowest BCUT2D eigenvalue weighted by molar-refractivity contribution is -0.112. The summed E-state index contributed by atoms with van der Waals surface area (Å²) in [5, 5.41) is 12.3. The number of carbonyl (C=O) groups is 1. The second-order valence-electron chi connectivity index (χ2n) is 6.72. The summed E-state index contributed by atoms with van der Waals surface area (Å²) in [5.74, 6) is 0.376. The molecule has 0 spiro atoms. The molecule has 30 heavy (non-hydrogen) atoms. The van der Waals surface area contributed by atoms with Gasteiger partial charge in [0.15, 0.2) is 0 Å². The summed E-state index contributed by atoms with van der Waals surface area (Å²) in [6, 6.07) is 19.1. The van der Waals surface area contributed by atoms with Crippen LogP contribution in [-0.4, -0.2) is 17.1 Å². The summed E-state index contributed by atoms with van der Waals surface area (Å²) < 4.78 is 8.44. The van der Waals surface area contributed by atoms with Crippen LogP contribution in [0.4, 0.5) is 5.69 Å². The number of rotatable bonds is 6. The molecule has 1 aromatic heterocycles. The predicted molar refractivity (Wildman–Crippen MR) is 123 cm³/mol. The number of halogens is 1. The first-order chi connectivity index (χ1) is 14.4. The van der Waals surface area contributed by atoms with Gasteiger partial charge in [0.1, 0.15) is 17.4 Å². The lowest BCUT2D eigenvalue weighted by Crippen LogP contribution is -2.13. The molecule has 3 rings (SSSR count). The van der Waals surface area contributed by atoms with E-state index in [4.69, 9.17) is 4.74 Å². The highest BCUT2D eigenvalue weighted by Gasteiger charge is 2.14. The van der Waals surface area contributed by atoms with Crippen LogP contribution in [0.2, 0.25) is 0 Å². The van der Waals surface area contributed by atoms with Gasteiger partial charge < -0.3 is 14.6 Å². The Morgan fingerprint density at radius 2 is 1.93 bits per heavy atom. The number of amides is 1. The van der Waals surface area contributed by atoms with Gasteiger partial charge in [-0.3, -0.25) is 4.79 Å². The molecule has 1 amide bonds. The Balaban J connectivity index is 1.89. The third kappa shape index (κ3) is 4.81. The summed E-state index contributed by atoms with van der Waals surface area (Å²) >= 11 is 3.37. The molecule has 1 N–H and O–H groups in total. The third-order valence-electron chi connectivity index (χ3n) is 4.62. The number of ether oxygens (including phenoxy) is 1. The number of nitrogens with one attached hydrogen (secondary N) is 1. The number of nitriles is 1. The van der Waals surface area contributed by atoms with Gasteiger partial charge in [-0.05, 0) is 80.9 Å². The van der Waals surface area contributed by atoms with Gasteiger partial charge in [-0.2, -0.15) is 5.26 Å². The van der Waals surface area contributed by atoms with E-state index in [9.17, 15) is 10.1 Å². The van der Waals surface area contributed by atoms with Crippen LogP contribution in [0.3, 0.4) is 0 Å². The summed E-state index contributed by atoms with van der Waals surface area (Å²) in [4.78, 5) is 12.6. The number of carbonyl (C=O) groups excluding carboxylic acids is 1. The average Bonchev–Trinajstić information content (AvgIpc) is 3.00. The van der Waals surface area contributed by atoms with Crippen molar-refractivity contribution in [2.24, 2.45) is 0 Å². The molecule has 0 saturated carbocycles. The number of anilines is 1. The SMILES string of the molecule is CCOc1ccc(-n2c(C)cc(/C=C(/C#N)C(=O)Nc3cccc(Br)c3)c2C)cc1. The molecule has 0 aliphatic carbocycles. The van der Waals surface area contributed by atoms with Crippen LogP contribution in [0, 0.1) is 25.2 Å². The quantitative estimate of drug-likeness (QED) is 0.370. The molecule has 152 valence electrons. The van der Waals surface area contributed by atoms with Crippen LogP contribution < -0.4 is 10.1 Å². The van der Waals surface area contributed by atoms with Crippen molar-refractivity contribution in [3.63, 3.8) is 0 Å². The highest BCUT2D eigenvalue weighted by Crippen LogP contribution is 2.25. The number of hydrogen-bond acceptors (Lipinski definition) is 3. The fraction of sp³-hybridized carbons (Fsp3) is 0.167. The lowest BCUT2D eigenvalue weighted by atomic mass is 10.1. The van der Waals surface area contributed by atoms with Gasteiger partial charge in [-0.1, -0.05) is 22.0 Å². The first kappa shape index (κ1) is 21.4. The molecule has 0 aliphatic rings. The minimum absolute atomic E-state index is 0.0434. The molecular formula is C24H22BrN3O2. The zero-order valence-corrected chi connectivity index (χ0v) is 18.7. The second kappa shape index (κ2) is 9.47. The predicted octanol–water partition coefficient (Wildman–Crippen LogP) is 5.80. The van der Waals surface area contributed by atoms with Crippen LogP contribution in [0.5, 0.6) is 5.75 Å². The van der Waals surface area contributed by atoms with Crippen molar-refractivity contribution in [2.45, 2.75) is 20.8 Å².